The van der Waals surface area contributed by atoms with Gasteiger partial charge in [0.1, 0.15) is 0 Å². The van der Waals surface area contributed by atoms with Crippen molar-refractivity contribution in [3.8, 4) is 0 Å². The molecule has 0 aliphatic rings. The molecule has 10 heteroatoms. The second-order valence-corrected chi connectivity index (χ2v) is 3.57. The molecule has 0 spiro atoms. The molecule has 0 saturated heterocycles. The topological polar surface area (TPSA) is 161 Å². The molecular weight excluding hydrogens is 407 g/mol. The summed E-state index contributed by atoms with van der Waals surface area (Å²) in [6.45, 7) is 8.75. The Bertz CT molecular complexity index is 297. The van der Waals surface area contributed by atoms with Gasteiger partial charge in [-0.25, -0.2) is 0 Å². The summed E-state index contributed by atoms with van der Waals surface area (Å²) in [6.07, 6.45) is -1.88. The van der Waals surface area contributed by atoms with Crippen molar-refractivity contribution in [1.29, 1.82) is 0 Å². The summed E-state index contributed by atoms with van der Waals surface area (Å²) >= 11 is 0. The average molecular weight is 422 g/mol. The number of hydrogen-bond acceptors (Lipinski definition) is 8. The van der Waals surface area contributed by atoms with Crippen LogP contribution in [0.4, 0.5) is 0 Å². The fraction of sp³-hybridized carbons (Fsp3) is 0.500. The molecule has 0 saturated carbocycles. The molecule has 0 aromatic heterocycles. The van der Waals surface area contributed by atoms with E-state index in [4.69, 9.17) is 6.58 Å². The molecule has 0 N–H and O–H groups in total. The Morgan fingerprint density at radius 2 is 0.773 bits per heavy atom. The van der Waals surface area contributed by atoms with Crippen LogP contribution in [0.5, 0.6) is 0 Å². The van der Waals surface area contributed by atoms with Crippen molar-refractivity contribution in [1.82, 2.24) is 0 Å². The van der Waals surface area contributed by atoms with Gasteiger partial charge in [-0.05, 0) is 25.7 Å². The van der Waals surface area contributed by atoms with E-state index in [2.05, 4.69) is 0 Å². The number of carbonyl (C=O) groups excluding carboxylic acids is 4. The Balaban J connectivity index is -0.0000000661. The SMILES string of the molecule is O=C([O-])CCC(=O)[O-].O=C([O-])CCC(=O)[O-].[CH-]=C(C)C.[K+].[Mo+4]. The van der Waals surface area contributed by atoms with Crippen LogP contribution in [0.2, 0.25) is 0 Å². The smallest absolute Gasteiger partial charge is 0.550 e. The van der Waals surface area contributed by atoms with Gasteiger partial charge in [-0.1, -0.05) is 13.8 Å². The van der Waals surface area contributed by atoms with Crippen molar-refractivity contribution in [2.75, 3.05) is 0 Å². The van der Waals surface area contributed by atoms with Crippen LogP contribution in [0.1, 0.15) is 39.5 Å². The fourth-order valence-electron chi connectivity index (χ4n) is 0.408. The third-order valence-electron chi connectivity index (χ3n) is 1.07. The van der Waals surface area contributed by atoms with E-state index in [0.717, 1.165) is 5.57 Å². The van der Waals surface area contributed by atoms with Crippen LogP contribution < -0.4 is 71.8 Å². The number of carboxylic acids is 4. The molecule has 0 heterocycles. The standard InChI is InChI=1S/2C4H6O4.C4H7.K.Mo/c2*5-3(6)1-2-4(7)8;1-4(2)3;;/h2*1-2H2,(H,5,6)(H,7,8);1H,2-3H3;;/q;;-1;+1;+4/p-4. The minimum absolute atomic E-state index is 0. The van der Waals surface area contributed by atoms with E-state index in [1.165, 1.54) is 0 Å². The predicted molar refractivity (Wildman–Crippen MR) is 57.7 cm³/mol. The van der Waals surface area contributed by atoms with Gasteiger partial charge in [-0.2, -0.15) is 0 Å². The maximum absolute atomic E-state index is 9.50. The van der Waals surface area contributed by atoms with Gasteiger partial charge >= 0.3 is 72.4 Å². The average Bonchev–Trinajstić information content (AvgIpc) is 2.23. The first kappa shape index (κ1) is 33.5. The zero-order valence-electron chi connectivity index (χ0n) is 12.6. The summed E-state index contributed by atoms with van der Waals surface area (Å²) in [5.74, 6) is -5.47. The Kier molecular flexibility index (Phi) is 35.4. The summed E-state index contributed by atoms with van der Waals surface area (Å²) in [5.41, 5.74) is 0.917. The molecule has 8 nitrogen and oxygen atoms in total. The quantitative estimate of drug-likeness (QED) is 0.301. The Labute approximate surface area is 185 Å². The van der Waals surface area contributed by atoms with Crippen LogP contribution in [0.25, 0.3) is 0 Å². The van der Waals surface area contributed by atoms with Crippen molar-refractivity contribution in [3.05, 3.63) is 12.2 Å². The second-order valence-electron chi connectivity index (χ2n) is 3.57. The Morgan fingerprint density at radius 1 is 0.682 bits per heavy atom. The maximum atomic E-state index is 9.50. The maximum Gasteiger partial charge on any atom is 4.00 e. The van der Waals surface area contributed by atoms with Gasteiger partial charge in [-0.15, -0.1) is 0 Å². The van der Waals surface area contributed by atoms with Crippen LogP contribution in [-0.4, -0.2) is 23.9 Å². The molecule has 118 valence electrons. The summed E-state index contributed by atoms with van der Waals surface area (Å²) in [6, 6.07) is 0. The van der Waals surface area contributed by atoms with Crippen molar-refractivity contribution in [2.24, 2.45) is 0 Å². The minimum Gasteiger partial charge on any atom is -0.550 e. The first-order chi connectivity index (χ1) is 8.98. The van der Waals surface area contributed by atoms with Crippen molar-refractivity contribution >= 4 is 23.9 Å². The fourth-order valence-corrected chi connectivity index (χ4v) is 0.408. The molecule has 0 fully saturated rings. The van der Waals surface area contributed by atoms with Crippen LogP contribution in [0.15, 0.2) is 5.57 Å². The van der Waals surface area contributed by atoms with Crippen molar-refractivity contribution in [3.63, 3.8) is 0 Å². The first-order valence-electron chi connectivity index (χ1n) is 5.34. The number of carboxylic acid groups (broad SMARTS) is 4. The summed E-state index contributed by atoms with van der Waals surface area (Å²) < 4.78 is 0. The van der Waals surface area contributed by atoms with Gasteiger partial charge in [0.2, 0.25) is 0 Å². The summed E-state index contributed by atoms with van der Waals surface area (Å²) in [5, 5.41) is 38.0. The van der Waals surface area contributed by atoms with E-state index >= 15 is 0 Å². The van der Waals surface area contributed by atoms with E-state index in [1.807, 2.05) is 13.8 Å². The van der Waals surface area contributed by atoms with E-state index in [0.29, 0.717) is 0 Å². The zero-order chi connectivity index (χ0) is 16.7. The van der Waals surface area contributed by atoms with E-state index < -0.39 is 49.6 Å². The van der Waals surface area contributed by atoms with Crippen LogP contribution in [0, 0.1) is 6.58 Å². The van der Waals surface area contributed by atoms with Gasteiger partial charge in [0.15, 0.2) is 0 Å². The molecule has 0 rings (SSSR count). The number of aliphatic carboxylic acids is 4. The molecule has 0 aromatic rings. The zero-order valence-corrected chi connectivity index (χ0v) is 17.7. The van der Waals surface area contributed by atoms with E-state index in [1.54, 1.807) is 0 Å². The van der Waals surface area contributed by atoms with Crippen LogP contribution in [0.3, 0.4) is 0 Å². The molecule has 0 unspecified atom stereocenters. The third kappa shape index (κ3) is 72.4. The largest absolute Gasteiger partial charge is 4.00 e. The van der Waals surface area contributed by atoms with E-state index in [9.17, 15) is 39.6 Å². The molecule has 0 bridgehead atoms. The first-order valence-corrected chi connectivity index (χ1v) is 5.34. The van der Waals surface area contributed by atoms with Crippen molar-refractivity contribution in [2.45, 2.75) is 39.5 Å². The Hall–Kier alpha value is -0.0553. The minimum atomic E-state index is -1.37. The number of hydrogen-bond donors (Lipinski definition) is 0. The van der Waals surface area contributed by atoms with Gasteiger partial charge in [-0.3, -0.25) is 5.57 Å². The van der Waals surface area contributed by atoms with Gasteiger partial charge in [0.25, 0.3) is 0 Å². The number of allylic oxidation sites excluding steroid dienone is 1. The molecule has 0 atom stereocenters. The normalized spacial score (nSPS) is 7.36. The molecular formula is C12H15KMoO8. The van der Waals surface area contributed by atoms with Crippen LogP contribution in [-0.2, 0) is 40.2 Å². The molecule has 0 radical (unpaired) electrons. The third-order valence-corrected chi connectivity index (χ3v) is 1.07. The van der Waals surface area contributed by atoms with E-state index in [-0.39, 0.29) is 72.4 Å². The molecule has 0 aliphatic heterocycles. The van der Waals surface area contributed by atoms with Gasteiger partial charge < -0.3 is 46.2 Å². The monoisotopic (exact) mass is 424 g/mol. The van der Waals surface area contributed by atoms with Crippen molar-refractivity contribution < 1.29 is 112 Å². The Morgan fingerprint density at radius 3 is 0.818 bits per heavy atom. The number of carbonyl (C=O) groups is 4. The molecule has 0 aliphatic carbocycles. The molecule has 22 heavy (non-hydrogen) atoms. The van der Waals surface area contributed by atoms with Crippen LogP contribution >= 0.6 is 0 Å². The second kappa shape index (κ2) is 23.2. The molecule has 0 aromatic carbocycles. The molecule has 0 amide bonds. The number of rotatable bonds is 6. The van der Waals surface area contributed by atoms with Gasteiger partial charge in [0, 0.05) is 23.9 Å². The van der Waals surface area contributed by atoms with Gasteiger partial charge in [0.05, 0.1) is 0 Å². The summed E-state index contributed by atoms with van der Waals surface area (Å²) in [7, 11) is 0. The summed E-state index contributed by atoms with van der Waals surface area (Å²) in [4.78, 5) is 38.0. The predicted octanol–water partition coefficient (Wildman–Crippen LogP) is -7.08.